The summed E-state index contributed by atoms with van der Waals surface area (Å²) in [4.78, 5) is 0. The zero-order chi connectivity index (χ0) is 9.80. The van der Waals surface area contributed by atoms with Crippen LogP contribution in [0.25, 0.3) is 0 Å². The quantitative estimate of drug-likeness (QED) is 0.642. The molecule has 2 aromatic rings. The smallest absolute Gasteiger partial charge is 0.139 e. The van der Waals surface area contributed by atoms with E-state index in [4.69, 9.17) is 4.74 Å². The third-order valence-corrected chi connectivity index (χ3v) is 1.97. The summed E-state index contributed by atoms with van der Waals surface area (Å²) >= 11 is 0. The maximum Gasteiger partial charge on any atom is 0.139 e. The average Bonchev–Trinajstić information content (AvgIpc) is 2.19. The van der Waals surface area contributed by atoms with Gasteiger partial charge in [-0.1, -0.05) is 35.8 Å². The highest BCUT2D eigenvalue weighted by atomic mass is 16.5. The van der Waals surface area contributed by atoms with E-state index < -0.39 is 0 Å². The first-order chi connectivity index (χ1) is 6.84. The molecule has 0 aromatic heterocycles. The van der Waals surface area contributed by atoms with E-state index >= 15 is 0 Å². The monoisotopic (exact) mass is 182 g/mol. The molecule has 0 spiro atoms. The van der Waals surface area contributed by atoms with E-state index in [1.165, 1.54) is 5.46 Å². The summed E-state index contributed by atoms with van der Waals surface area (Å²) < 4.78 is 5.66. The maximum absolute atomic E-state index is 5.66. The summed E-state index contributed by atoms with van der Waals surface area (Å²) in [6.45, 7) is 0. The molecule has 0 aliphatic carbocycles. The normalized spacial score (nSPS) is 9.71. The Morgan fingerprint density at radius 3 is 2.21 bits per heavy atom. The van der Waals surface area contributed by atoms with Crippen molar-refractivity contribution in [3.8, 4) is 11.5 Å². The molecular formula is C12H11BO. The van der Waals surface area contributed by atoms with Crippen LogP contribution in [0.4, 0.5) is 0 Å². The van der Waals surface area contributed by atoms with Gasteiger partial charge in [-0.15, -0.1) is 0 Å². The lowest BCUT2D eigenvalue weighted by molar-refractivity contribution is 0.483. The molecule has 0 aliphatic heterocycles. The number of hydrogen-bond acceptors (Lipinski definition) is 1. The fraction of sp³-hybridized carbons (Fsp3) is 0. The van der Waals surface area contributed by atoms with Crippen LogP contribution in [0.5, 0.6) is 11.5 Å². The lowest BCUT2D eigenvalue weighted by atomic mass is 9.96. The Labute approximate surface area is 84.8 Å². The standard InChI is InChI=1S/C12H11BO/c13-10-5-4-8-12(9-10)14-11-6-2-1-3-7-11/h1-9H,13H2. The van der Waals surface area contributed by atoms with E-state index in [9.17, 15) is 0 Å². The molecule has 0 saturated heterocycles. The van der Waals surface area contributed by atoms with Crippen LogP contribution in [0, 0.1) is 0 Å². The van der Waals surface area contributed by atoms with Crippen LogP contribution in [0.1, 0.15) is 0 Å². The second-order valence-corrected chi connectivity index (χ2v) is 3.23. The van der Waals surface area contributed by atoms with E-state index in [0.717, 1.165) is 11.5 Å². The zero-order valence-corrected chi connectivity index (χ0v) is 8.10. The average molecular weight is 182 g/mol. The Kier molecular flexibility index (Phi) is 2.54. The highest BCUT2D eigenvalue weighted by Crippen LogP contribution is 2.18. The minimum Gasteiger partial charge on any atom is -0.457 e. The molecule has 0 saturated carbocycles. The molecule has 0 unspecified atom stereocenters. The van der Waals surface area contributed by atoms with Crippen molar-refractivity contribution in [1.29, 1.82) is 0 Å². The minimum atomic E-state index is 0.873. The molecule has 1 nitrogen and oxygen atoms in total. The number of benzene rings is 2. The first-order valence-corrected chi connectivity index (χ1v) is 4.64. The number of rotatable bonds is 2. The van der Waals surface area contributed by atoms with E-state index in [2.05, 4.69) is 13.9 Å². The fourth-order valence-corrected chi connectivity index (χ4v) is 1.30. The highest BCUT2D eigenvalue weighted by molar-refractivity contribution is 6.32. The Bertz CT molecular complexity index is 412. The SMILES string of the molecule is Bc1cccc(Oc2ccccc2)c1. The number of ether oxygens (including phenoxy) is 1. The summed E-state index contributed by atoms with van der Waals surface area (Å²) in [5, 5.41) is 0. The molecule has 0 radical (unpaired) electrons. The molecule has 0 heterocycles. The van der Waals surface area contributed by atoms with Gasteiger partial charge in [0.15, 0.2) is 0 Å². The van der Waals surface area contributed by atoms with Crippen LogP contribution in [0.3, 0.4) is 0 Å². The van der Waals surface area contributed by atoms with Gasteiger partial charge in [0, 0.05) is 0 Å². The van der Waals surface area contributed by atoms with Crippen molar-refractivity contribution in [2.24, 2.45) is 0 Å². The van der Waals surface area contributed by atoms with Crippen molar-refractivity contribution >= 4 is 13.3 Å². The van der Waals surface area contributed by atoms with Crippen LogP contribution in [0.15, 0.2) is 54.6 Å². The first-order valence-electron chi connectivity index (χ1n) is 4.64. The van der Waals surface area contributed by atoms with Crippen LogP contribution in [0.2, 0.25) is 0 Å². The second kappa shape index (κ2) is 4.01. The zero-order valence-electron chi connectivity index (χ0n) is 8.10. The van der Waals surface area contributed by atoms with Gasteiger partial charge >= 0.3 is 0 Å². The molecule has 2 heteroatoms. The van der Waals surface area contributed by atoms with Crippen LogP contribution in [-0.2, 0) is 0 Å². The van der Waals surface area contributed by atoms with Gasteiger partial charge in [0.1, 0.15) is 19.3 Å². The van der Waals surface area contributed by atoms with Gasteiger partial charge in [-0.3, -0.25) is 0 Å². The molecule has 0 aliphatic rings. The predicted octanol–water partition coefficient (Wildman–Crippen LogP) is 1.74. The molecule has 2 rings (SSSR count). The van der Waals surface area contributed by atoms with Crippen molar-refractivity contribution in [2.45, 2.75) is 0 Å². The van der Waals surface area contributed by atoms with Crippen molar-refractivity contribution in [1.82, 2.24) is 0 Å². The van der Waals surface area contributed by atoms with Crippen LogP contribution < -0.4 is 10.2 Å². The minimum absolute atomic E-state index is 0.873. The molecule has 0 amide bonds. The summed E-state index contributed by atoms with van der Waals surface area (Å²) in [6, 6.07) is 17.8. The van der Waals surface area contributed by atoms with E-state index in [1.807, 2.05) is 48.5 Å². The third kappa shape index (κ3) is 2.16. The van der Waals surface area contributed by atoms with Crippen LogP contribution >= 0.6 is 0 Å². The van der Waals surface area contributed by atoms with Gasteiger partial charge in [0.25, 0.3) is 0 Å². The third-order valence-electron chi connectivity index (χ3n) is 1.97. The fourth-order valence-electron chi connectivity index (χ4n) is 1.30. The van der Waals surface area contributed by atoms with Crippen molar-refractivity contribution in [3.05, 3.63) is 54.6 Å². The Hall–Kier alpha value is -1.70. The summed E-state index contributed by atoms with van der Waals surface area (Å²) in [6.07, 6.45) is 0. The first kappa shape index (κ1) is 8.88. The molecular weight excluding hydrogens is 171 g/mol. The lowest BCUT2D eigenvalue weighted by Gasteiger charge is -2.05. The van der Waals surface area contributed by atoms with Gasteiger partial charge in [-0.05, 0) is 24.3 Å². The molecule has 0 fully saturated rings. The van der Waals surface area contributed by atoms with Crippen molar-refractivity contribution in [2.75, 3.05) is 0 Å². The molecule has 14 heavy (non-hydrogen) atoms. The molecule has 0 atom stereocenters. The van der Waals surface area contributed by atoms with E-state index in [0.29, 0.717) is 0 Å². The molecule has 68 valence electrons. The second-order valence-electron chi connectivity index (χ2n) is 3.23. The van der Waals surface area contributed by atoms with Gasteiger partial charge in [0.2, 0.25) is 0 Å². The van der Waals surface area contributed by atoms with Gasteiger partial charge < -0.3 is 4.74 Å². The topological polar surface area (TPSA) is 9.23 Å². The summed E-state index contributed by atoms with van der Waals surface area (Å²) in [5.74, 6) is 1.76. The maximum atomic E-state index is 5.66. The van der Waals surface area contributed by atoms with E-state index in [1.54, 1.807) is 0 Å². The summed E-state index contributed by atoms with van der Waals surface area (Å²) in [5.41, 5.74) is 1.21. The molecule has 0 bridgehead atoms. The molecule has 0 N–H and O–H groups in total. The van der Waals surface area contributed by atoms with Crippen molar-refractivity contribution < 1.29 is 4.74 Å². The number of para-hydroxylation sites is 1. The van der Waals surface area contributed by atoms with E-state index in [-0.39, 0.29) is 0 Å². The van der Waals surface area contributed by atoms with Crippen molar-refractivity contribution in [3.63, 3.8) is 0 Å². The van der Waals surface area contributed by atoms with Crippen LogP contribution in [-0.4, -0.2) is 7.85 Å². The Morgan fingerprint density at radius 2 is 1.50 bits per heavy atom. The predicted molar refractivity (Wildman–Crippen MR) is 61.1 cm³/mol. The van der Waals surface area contributed by atoms with Gasteiger partial charge in [-0.2, -0.15) is 0 Å². The summed E-state index contributed by atoms with van der Waals surface area (Å²) in [7, 11) is 2.05. The largest absolute Gasteiger partial charge is 0.457 e. The highest BCUT2D eigenvalue weighted by Gasteiger charge is 1.95. The Balaban J connectivity index is 2.19. The Morgan fingerprint density at radius 1 is 0.786 bits per heavy atom. The van der Waals surface area contributed by atoms with Gasteiger partial charge in [-0.25, -0.2) is 0 Å². The number of hydrogen-bond donors (Lipinski definition) is 0. The van der Waals surface area contributed by atoms with Gasteiger partial charge in [0.05, 0.1) is 0 Å². The molecule has 2 aromatic carbocycles. The lowest BCUT2D eigenvalue weighted by Crippen LogP contribution is -2.00.